The van der Waals surface area contributed by atoms with E-state index in [4.69, 9.17) is 0 Å². The largest absolute Gasteiger partial charge is 0.435 e. The van der Waals surface area contributed by atoms with Crippen molar-refractivity contribution in [3.8, 4) is 0 Å². The van der Waals surface area contributed by atoms with E-state index in [-0.39, 0.29) is 10.8 Å². The Morgan fingerprint density at radius 1 is 1.29 bits per heavy atom. The van der Waals surface area contributed by atoms with Crippen LogP contribution >= 0.6 is 0 Å². The molecule has 1 aromatic rings. The molecule has 4 rings (SSSR count). The molecule has 0 aliphatic heterocycles. The summed E-state index contributed by atoms with van der Waals surface area (Å²) < 4.78 is 37.7. The Bertz CT molecular complexity index is 451. The number of alkyl halides is 3. The van der Waals surface area contributed by atoms with Crippen molar-refractivity contribution in [1.82, 2.24) is 10.2 Å². The number of aromatic amines is 1. The van der Waals surface area contributed by atoms with Gasteiger partial charge < -0.3 is 0 Å². The van der Waals surface area contributed by atoms with Gasteiger partial charge >= 0.3 is 6.18 Å². The molecule has 74 valence electrons. The van der Waals surface area contributed by atoms with Crippen LogP contribution in [-0.4, -0.2) is 10.2 Å². The fourth-order valence-corrected chi connectivity index (χ4v) is 3.32. The summed E-state index contributed by atoms with van der Waals surface area (Å²) >= 11 is 0. The van der Waals surface area contributed by atoms with Crippen LogP contribution in [0.4, 0.5) is 13.2 Å². The fourth-order valence-electron chi connectivity index (χ4n) is 3.32. The molecule has 1 aromatic heterocycles. The predicted octanol–water partition coefficient (Wildman–Crippen LogP) is 2.02. The second-order valence-electron chi connectivity index (χ2n) is 4.82. The van der Waals surface area contributed by atoms with E-state index < -0.39 is 11.9 Å². The molecule has 1 N–H and O–H groups in total. The Morgan fingerprint density at radius 2 is 2.00 bits per heavy atom. The predicted molar refractivity (Wildman–Crippen MR) is 40.6 cm³/mol. The zero-order valence-electron chi connectivity index (χ0n) is 7.20. The van der Waals surface area contributed by atoms with Crippen molar-refractivity contribution in [1.29, 1.82) is 0 Å². The minimum atomic E-state index is -4.29. The maximum absolute atomic E-state index is 12.6. The number of nitrogens with one attached hydrogen (secondary N) is 1. The maximum Gasteiger partial charge on any atom is 0.435 e. The summed E-state index contributed by atoms with van der Waals surface area (Å²) in [5, 5.41) is 5.94. The Hall–Kier alpha value is -1.00. The molecule has 0 saturated heterocycles. The fraction of sp³-hybridized carbons (Fsp3) is 0.667. The average Bonchev–Trinajstić information content (AvgIpc) is 2.67. The highest BCUT2D eigenvalue weighted by Crippen LogP contribution is 2.90. The molecule has 0 aromatic carbocycles. The molecule has 3 aliphatic rings. The molecule has 1 heterocycles. The first kappa shape index (κ1) is 7.31. The Labute approximate surface area is 77.5 Å². The van der Waals surface area contributed by atoms with Crippen molar-refractivity contribution in [2.24, 2.45) is 5.41 Å². The van der Waals surface area contributed by atoms with Crippen molar-refractivity contribution in [3.05, 3.63) is 17.0 Å². The van der Waals surface area contributed by atoms with E-state index >= 15 is 0 Å². The van der Waals surface area contributed by atoms with E-state index in [0.29, 0.717) is 5.56 Å². The van der Waals surface area contributed by atoms with Crippen LogP contribution in [0.2, 0.25) is 0 Å². The molecule has 5 heteroatoms. The lowest BCUT2D eigenvalue weighted by atomic mass is 9.96. The number of halogens is 3. The van der Waals surface area contributed by atoms with Crippen LogP contribution in [0, 0.1) is 5.41 Å². The Kier molecular flexibility index (Phi) is 0.789. The van der Waals surface area contributed by atoms with E-state index in [1.165, 1.54) is 0 Å². The zero-order chi connectivity index (χ0) is 9.77. The van der Waals surface area contributed by atoms with E-state index in [9.17, 15) is 13.2 Å². The molecule has 2 fully saturated rings. The van der Waals surface area contributed by atoms with Crippen LogP contribution in [0.3, 0.4) is 0 Å². The summed E-state index contributed by atoms with van der Waals surface area (Å²) in [6.45, 7) is 0. The number of rotatable bonds is 0. The van der Waals surface area contributed by atoms with Crippen molar-refractivity contribution in [2.75, 3.05) is 0 Å². The van der Waals surface area contributed by atoms with Gasteiger partial charge in [-0.05, 0) is 24.7 Å². The highest BCUT2D eigenvalue weighted by atomic mass is 19.4. The van der Waals surface area contributed by atoms with Gasteiger partial charge in [-0.1, -0.05) is 0 Å². The molecular formula is C9H7F3N2. The van der Waals surface area contributed by atoms with Crippen LogP contribution in [0.1, 0.15) is 29.8 Å². The van der Waals surface area contributed by atoms with Gasteiger partial charge in [0.05, 0.1) is 0 Å². The van der Waals surface area contributed by atoms with E-state index in [1.54, 1.807) is 0 Å². The summed E-state index contributed by atoms with van der Waals surface area (Å²) in [6.07, 6.45) is -1.60. The third kappa shape index (κ3) is 0.520. The molecular weight excluding hydrogens is 193 g/mol. The lowest BCUT2D eigenvalue weighted by Gasteiger charge is -2.10. The number of H-pyrrole nitrogens is 1. The Balaban J connectivity index is 1.96. The number of aromatic nitrogens is 2. The zero-order valence-corrected chi connectivity index (χ0v) is 7.20. The van der Waals surface area contributed by atoms with Gasteiger partial charge in [-0.15, -0.1) is 0 Å². The number of hydrogen-bond acceptors (Lipinski definition) is 1. The van der Waals surface area contributed by atoms with Gasteiger partial charge in [0, 0.05) is 16.7 Å². The van der Waals surface area contributed by atoms with Crippen LogP contribution in [0.5, 0.6) is 0 Å². The van der Waals surface area contributed by atoms with E-state index in [0.717, 1.165) is 25.0 Å². The number of fused-ring (bicyclic) bond motifs is 1. The molecule has 2 saturated carbocycles. The van der Waals surface area contributed by atoms with E-state index in [2.05, 4.69) is 10.2 Å². The average molecular weight is 200 g/mol. The first-order valence-corrected chi connectivity index (χ1v) is 4.64. The van der Waals surface area contributed by atoms with Crippen LogP contribution in [-0.2, 0) is 18.0 Å². The summed E-state index contributed by atoms with van der Waals surface area (Å²) in [5.41, 5.74) is 0.696. The molecule has 0 atom stereocenters. The van der Waals surface area contributed by atoms with Crippen molar-refractivity contribution < 1.29 is 13.2 Å². The van der Waals surface area contributed by atoms with Gasteiger partial charge in [-0.2, -0.15) is 18.3 Å². The van der Waals surface area contributed by atoms with Crippen LogP contribution in [0.15, 0.2) is 0 Å². The molecule has 0 spiro atoms. The minimum Gasteiger partial charge on any atom is -0.282 e. The molecule has 0 bridgehead atoms. The van der Waals surface area contributed by atoms with Gasteiger partial charge in [0.25, 0.3) is 0 Å². The molecule has 3 aliphatic carbocycles. The Morgan fingerprint density at radius 3 is 2.64 bits per heavy atom. The maximum atomic E-state index is 12.6. The second-order valence-corrected chi connectivity index (χ2v) is 4.82. The van der Waals surface area contributed by atoms with Gasteiger partial charge in [-0.25, -0.2) is 0 Å². The molecule has 0 radical (unpaired) electrons. The third-order valence-electron chi connectivity index (χ3n) is 4.15. The SMILES string of the molecule is FC(F)(F)c1n[nH]c2c1C13CC1(C2)C3. The lowest BCUT2D eigenvalue weighted by molar-refractivity contribution is -0.141. The van der Waals surface area contributed by atoms with E-state index in [1.807, 2.05) is 0 Å². The standard InChI is InChI=1S/C9H7F3N2/c10-9(11,12)6-5-4(13-14-6)1-7-2-8(5,7)3-7/h1-3H2,(H,13,14). The lowest BCUT2D eigenvalue weighted by Crippen LogP contribution is -2.12. The summed E-state index contributed by atoms with van der Waals surface area (Å²) in [5.74, 6) is 0. The minimum absolute atomic E-state index is 0.0970. The number of nitrogens with zero attached hydrogens (tertiary/aromatic N) is 1. The summed E-state index contributed by atoms with van der Waals surface area (Å²) in [4.78, 5) is 0. The summed E-state index contributed by atoms with van der Waals surface area (Å²) in [6, 6.07) is 0. The monoisotopic (exact) mass is 200 g/mol. The highest BCUT2D eigenvalue weighted by molar-refractivity contribution is 5.61. The van der Waals surface area contributed by atoms with Crippen molar-refractivity contribution in [3.63, 3.8) is 0 Å². The quantitative estimate of drug-likeness (QED) is 0.681. The van der Waals surface area contributed by atoms with Gasteiger partial charge in [-0.3, -0.25) is 5.10 Å². The normalized spacial score (nSPS) is 41.6. The third-order valence-corrected chi connectivity index (χ3v) is 4.15. The topological polar surface area (TPSA) is 28.7 Å². The molecule has 0 unspecified atom stereocenters. The number of hydrogen-bond donors (Lipinski definition) is 1. The second kappa shape index (κ2) is 1.51. The smallest absolute Gasteiger partial charge is 0.282 e. The van der Waals surface area contributed by atoms with Gasteiger partial charge in [0.2, 0.25) is 0 Å². The molecule has 2 nitrogen and oxygen atoms in total. The first-order chi connectivity index (χ1) is 6.49. The first-order valence-electron chi connectivity index (χ1n) is 4.64. The molecule has 0 amide bonds. The summed E-state index contributed by atoms with van der Waals surface area (Å²) in [7, 11) is 0. The van der Waals surface area contributed by atoms with Crippen molar-refractivity contribution >= 4 is 0 Å². The van der Waals surface area contributed by atoms with Crippen molar-refractivity contribution in [2.45, 2.75) is 30.9 Å². The van der Waals surface area contributed by atoms with Gasteiger partial charge in [0.15, 0.2) is 5.69 Å². The molecule has 14 heavy (non-hydrogen) atoms. The highest BCUT2D eigenvalue weighted by Gasteiger charge is 2.87. The van der Waals surface area contributed by atoms with Crippen LogP contribution in [0.25, 0.3) is 0 Å². The van der Waals surface area contributed by atoms with Gasteiger partial charge in [0.1, 0.15) is 0 Å². The van der Waals surface area contributed by atoms with Crippen LogP contribution < -0.4 is 0 Å².